The van der Waals surface area contributed by atoms with Gasteiger partial charge < -0.3 is 4.57 Å². The first-order valence-electron chi connectivity index (χ1n) is 6.58. The molecule has 0 spiro atoms. The molecule has 0 fully saturated rings. The van der Waals surface area contributed by atoms with Gasteiger partial charge in [-0.2, -0.15) is 0 Å². The topological polar surface area (TPSA) is 4.93 Å². The Bertz CT molecular complexity index is 921. The van der Waals surface area contributed by atoms with Crippen molar-refractivity contribution >= 4 is 37.6 Å². The minimum atomic E-state index is 1.09. The second-order valence-corrected chi connectivity index (χ2v) is 5.81. The van der Waals surface area contributed by atoms with Gasteiger partial charge in [0.15, 0.2) is 0 Å². The summed E-state index contributed by atoms with van der Waals surface area (Å²) >= 11 is 3.55. The van der Waals surface area contributed by atoms with Crippen LogP contribution >= 0.6 is 15.9 Å². The van der Waals surface area contributed by atoms with E-state index in [1.807, 2.05) is 6.07 Å². The Morgan fingerprint density at radius 3 is 2.50 bits per heavy atom. The van der Waals surface area contributed by atoms with Crippen LogP contribution in [0.3, 0.4) is 0 Å². The number of halogens is 1. The van der Waals surface area contributed by atoms with Gasteiger partial charge in [-0.25, -0.2) is 0 Å². The summed E-state index contributed by atoms with van der Waals surface area (Å²) in [6.07, 6.45) is 2.14. The molecule has 0 saturated heterocycles. The van der Waals surface area contributed by atoms with Gasteiger partial charge in [0.1, 0.15) is 0 Å². The van der Waals surface area contributed by atoms with E-state index >= 15 is 0 Å². The summed E-state index contributed by atoms with van der Waals surface area (Å²) in [4.78, 5) is 0. The number of aromatic nitrogens is 1. The van der Waals surface area contributed by atoms with Gasteiger partial charge in [-0.15, -0.1) is 0 Å². The molecule has 0 aliphatic rings. The fraction of sp³-hybridized carbons (Fsp3) is 0. The van der Waals surface area contributed by atoms with Crippen LogP contribution in [-0.2, 0) is 0 Å². The third-order valence-corrected chi connectivity index (χ3v) is 4.16. The molecule has 3 aromatic carbocycles. The first kappa shape index (κ1) is 11.7. The molecule has 0 atom stereocenters. The van der Waals surface area contributed by atoms with Crippen LogP contribution in [0.25, 0.3) is 27.4 Å². The Hall–Kier alpha value is -2.06. The average molecular weight is 322 g/mol. The number of fused-ring (bicyclic) bond motifs is 3. The van der Waals surface area contributed by atoms with Crippen molar-refractivity contribution in [1.29, 1.82) is 0 Å². The number of rotatable bonds is 1. The molecule has 0 N–H and O–H groups in total. The molecule has 0 amide bonds. The number of nitrogens with zero attached hydrogens (tertiary/aromatic N) is 1. The van der Waals surface area contributed by atoms with Gasteiger partial charge in [-0.1, -0.05) is 58.4 Å². The highest BCUT2D eigenvalue weighted by Crippen LogP contribution is 2.29. The largest absolute Gasteiger partial charge is 0.316 e. The van der Waals surface area contributed by atoms with Crippen LogP contribution in [0.2, 0.25) is 0 Å². The summed E-state index contributed by atoms with van der Waals surface area (Å²) in [5.74, 6) is 0. The van der Waals surface area contributed by atoms with Gasteiger partial charge in [-0.05, 0) is 29.7 Å². The minimum absolute atomic E-state index is 1.09. The maximum Gasteiger partial charge on any atom is 0.0606 e. The zero-order chi connectivity index (χ0) is 13.5. The van der Waals surface area contributed by atoms with E-state index in [1.54, 1.807) is 0 Å². The lowest BCUT2D eigenvalue weighted by molar-refractivity contribution is 1.13. The fourth-order valence-electron chi connectivity index (χ4n) is 2.75. The minimum Gasteiger partial charge on any atom is -0.316 e. The van der Waals surface area contributed by atoms with Gasteiger partial charge in [0.05, 0.1) is 5.52 Å². The van der Waals surface area contributed by atoms with Crippen LogP contribution in [0.15, 0.2) is 77.4 Å². The third kappa shape index (κ3) is 1.76. The molecule has 2 heteroatoms. The Kier molecular flexibility index (Phi) is 2.64. The lowest BCUT2D eigenvalue weighted by atomic mass is 10.1. The van der Waals surface area contributed by atoms with Crippen molar-refractivity contribution in [1.82, 2.24) is 4.57 Å². The van der Waals surface area contributed by atoms with Crippen LogP contribution in [0, 0.1) is 0 Å². The first-order chi connectivity index (χ1) is 9.83. The Morgan fingerprint density at radius 2 is 1.60 bits per heavy atom. The second-order valence-electron chi connectivity index (χ2n) is 4.89. The van der Waals surface area contributed by atoms with Crippen molar-refractivity contribution in [2.45, 2.75) is 0 Å². The molecule has 1 aromatic heterocycles. The summed E-state index contributed by atoms with van der Waals surface area (Å²) < 4.78 is 3.35. The quantitative estimate of drug-likeness (QED) is 0.433. The Labute approximate surface area is 125 Å². The van der Waals surface area contributed by atoms with Crippen LogP contribution in [-0.4, -0.2) is 4.57 Å². The molecule has 0 unspecified atom stereocenters. The summed E-state index contributed by atoms with van der Waals surface area (Å²) in [5, 5.41) is 3.83. The lowest BCUT2D eigenvalue weighted by Gasteiger charge is -2.08. The highest BCUT2D eigenvalue weighted by atomic mass is 79.9. The van der Waals surface area contributed by atoms with Crippen LogP contribution in [0.4, 0.5) is 0 Å². The molecule has 20 heavy (non-hydrogen) atoms. The van der Waals surface area contributed by atoms with Crippen molar-refractivity contribution < 1.29 is 0 Å². The van der Waals surface area contributed by atoms with Crippen molar-refractivity contribution in [2.75, 3.05) is 0 Å². The van der Waals surface area contributed by atoms with E-state index in [2.05, 4.69) is 87.4 Å². The van der Waals surface area contributed by atoms with Crippen molar-refractivity contribution in [3.63, 3.8) is 0 Å². The van der Waals surface area contributed by atoms with Crippen LogP contribution in [0.5, 0.6) is 0 Å². The van der Waals surface area contributed by atoms with Gasteiger partial charge in [0.25, 0.3) is 0 Å². The van der Waals surface area contributed by atoms with Gasteiger partial charge >= 0.3 is 0 Å². The summed E-state index contributed by atoms with van der Waals surface area (Å²) in [7, 11) is 0. The average Bonchev–Trinajstić information content (AvgIpc) is 2.91. The van der Waals surface area contributed by atoms with Crippen molar-refractivity contribution in [3.05, 3.63) is 77.4 Å². The van der Waals surface area contributed by atoms with E-state index in [-0.39, 0.29) is 0 Å². The highest BCUT2D eigenvalue weighted by Gasteiger charge is 2.07. The fourth-order valence-corrected chi connectivity index (χ4v) is 3.13. The number of benzene rings is 3. The van der Waals surface area contributed by atoms with Crippen molar-refractivity contribution in [2.24, 2.45) is 0 Å². The molecule has 96 valence electrons. The molecule has 0 aliphatic carbocycles. The molecule has 4 aromatic rings. The first-order valence-corrected chi connectivity index (χ1v) is 7.37. The Morgan fingerprint density at radius 1 is 0.750 bits per heavy atom. The monoisotopic (exact) mass is 321 g/mol. The maximum absolute atomic E-state index is 3.55. The Balaban J connectivity index is 2.12. The summed E-state index contributed by atoms with van der Waals surface area (Å²) in [5.41, 5.74) is 2.44. The zero-order valence-electron chi connectivity index (χ0n) is 10.8. The van der Waals surface area contributed by atoms with E-state index in [0.717, 1.165) is 4.47 Å². The number of hydrogen-bond acceptors (Lipinski definition) is 0. The van der Waals surface area contributed by atoms with E-state index in [4.69, 9.17) is 0 Å². The third-order valence-electron chi connectivity index (χ3n) is 3.66. The van der Waals surface area contributed by atoms with Crippen molar-refractivity contribution in [3.8, 4) is 5.69 Å². The SMILES string of the molecule is Brc1cccc(-n2ccc3ccc4ccccc4c32)c1. The highest BCUT2D eigenvalue weighted by molar-refractivity contribution is 9.10. The van der Waals surface area contributed by atoms with Gasteiger partial charge in [0, 0.05) is 27.1 Å². The van der Waals surface area contributed by atoms with E-state index < -0.39 is 0 Å². The second kappa shape index (κ2) is 4.50. The molecular formula is C18H12BrN. The summed E-state index contributed by atoms with van der Waals surface area (Å²) in [6, 6.07) is 23.5. The molecule has 0 aliphatic heterocycles. The molecule has 4 rings (SSSR count). The molecular weight excluding hydrogens is 310 g/mol. The zero-order valence-corrected chi connectivity index (χ0v) is 12.3. The standard InChI is InChI=1S/C18H12BrN/c19-15-5-3-6-16(12-15)20-11-10-14-9-8-13-4-1-2-7-17(13)18(14)20/h1-12H. The maximum atomic E-state index is 3.55. The van der Waals surface area contributed by atoms with E-state index in [1.165, 1.54) is 27.4 Å². The van der Waals surface area contributed by atoms with Crippen LogP contribution in [0.1, 0.15) is 0 Å². The van der Waals surface area contributed by atoms with Crippen LogP contribution < -0.4 is 0 Å². The smallest absolute Gasteiger partial charge is 0.0606 e. The van der Waals surface area contributed by atoms with E-state index in [0.29, 0.717) is 0 Å². The molecule has 0 saturated carbocycles. The van der Waals surface area contributed by atoms with E-state index in [9.17, 15) is 0 Å². The number of hydrogen-bond donors (Lipinski definition) is 0. The predicted octanol–water partition coefficient (Wildman–Crippen LogP) is 5.55. The lowest BCUT2D eigenvalue weighted by Crippen LogP contribution is -1.92. The predicted molar refractivity (Wildman–Crippen MR) is 88.5 cm³/mol. The molecule has 0 bridgehead atoms. The van der Waals surface area contributed by atoms with Gasteiger partial charge in [-0.3, -0.25) is 0 Å². The normalized spacial score (nSPS) is 11.2. The molecule has 0 radical (unpaired) electrons. The molecule has 1 nitrogen and oxygen atoms in total. The summed E-state index contributed by atoms with van der Waals surface area (Å²) in [6.45, 7) is 0. The van der Waals surface area contributed by atoms with Gasteiger partial charge in [0.2, 0.25) is 0 Å². The molecule has 1 heterocycles.